The van der Waals surface area contributed by atoms with Crippen molar-refractivity contribution < 1.29 is 28.7 Å². The summed E-state index contributed by atoms with van der Waals surface area (Å²) >= 11 is 0. The van der Waals surface area contributed by atoms with Gasteiger partial charge < -0.3 is 31.6 Å². The molecular weight excluding hydrogens is 484 g/mol. The van der Waals surface area contributed by atoms with E-state index in [0.29, 0.717) is 30.2 Å². The molecule has 6 N–H and O–H groups in total. The van der Waals surface area contributed by atoms with E-state index in [4.69, 9.17) is 20.9 Å². The average molecular weight is 527 g/mol. The fourth-order valence-corrected chi connectivity index (χ4v) is 2.46. The number of nitrogens with zero attached hydrogens (tertiary/aromatic N) is 4. The number of aliphatic imine (C=N–C) groups is 1. The molecular formula is C23H42N8O6. The Hall–Kier alpha value is -3.65. The molecule has 0 aromatic carbocycles. The lowest BCUT2D eigenvalue weighted by atomic mass is 10.1. The molecule has 0 saturated carbocycles. The van der Waals surface area contributed by atoms with Crippen LogP contribution in [0, 0.1) is 0 Å². The van der Waals surface area contributed by atoms with Crippen LogP contribution in [-0.4, -0.2) is 77.1 Å². The van der Waals surface area contributed by atoms with Crippen molar-refractivity contribution in [1.29, 1.82) is 0 Å². The van der Waals surface area contributed by atoms with E-state index in [1.165, 1.54) is 18.5 Å². The average Bonchev–Trinajstić information content (AvgIpc) is 3.26. The summed E-state index contributed by atoms with van der Waals surface area (Å²) in [5.41, 5.74) is 11.8. The Labute approximate surface area is 218 Å². The molecule has 1 aromatic heterocycles. The van der Waals surface area contributed by atoms with E-state index >= 15 is 0 Å². The molecule has 0 aliphatic heterocycles. The first-order chi connectivity index (χ1) is 16.9. The fourth-order valence-electron chi connectivity index (χ4n) is 2.46. The molecule has 14 heteroatoms. The van der Waals surface area contributed by atoms with Crippen LogP contribution >= 0.6 is 0 Å². The molecule has 0 radical (unpaired) electrons. The minimum atomic E-state index is -0.536. The number of nitrogens with one attached hydrogen (secondary N) is 2. The van der Waals surface area contributed by atoms with Crippen LogP contribution in [0.1, 0.15) is 53.2 Å². The van der Waals surface area contributed by atoms with Crippen LogP contribution < -0.4 is 22.1 Å². The van der Waals surface area contributed by atoms with Gasteiger partial charge in [-0.3, -0.25) is 24.2 Å². The zero-order valence-electron chi connectivity index (χ0n) is 21.6. The van der Waals surface area contributed by atoms with Crippen molar-refractivity contribution in [3.63, 3.8) is 0 Å². The fraction of sp³-hybridized carbons (Fsp3) is 0.609. The Kier molecular flexibility index (Phi) is 18.7. The quantitative estimate of drug-likeness (QED) is 0.133. The predicted molar refractivity (Wildman–Crippen MR) is 139 cm³/mol. The Morgan fingerprint density at radius 1 is 1.03 bits per heavy atom. The minimum absolute atomic E-state index is 0. The van der Waals surface area contributed by atoms with Crippen molar-refractivity contribution in [3.05, 3.63) is 24.2 Å². The summed E-state index contributed by atoms with van der Waals surface area (Å²) in [7, 11) is 3.24. The van der Waals surface area contributed by atoms with Gasteiger partial charge >= 0.3 is 11.9 Å². The highest BCUT2D eigenvalue weighted by molar-refractivity contribution is 5.86. The number of nitrogens with two attached hydrogens (primary N) is 2. The largest absolute Gasteiger partial charge is 0.465 e. The Bertz CT molecular complexity index is 911. The van der Waals surface area contributed by atoms with Gasteiger partial charge in [0.2, 0.25) is 0 Å². The second-order valence-electron chi connectivity index (χ2n) is 7.79. The third-order valence-electron chi connectivity index (χ3n) is 4.54. The molecule has 2 atom stereocenters. The van der Waals surface area contributed by atoms with Gasteiger partial charge in [0.05, 0.1) is 50.1 Å². The summed E-state index contributed by atoms with van der Waals surface area (Å²) in [5.74, 6) is -0.647. The van der Waals surface area contributed by atoms with Gasteiger partial charge in [-0.05, 0) is 34.9 Å². The molecule has 0 amide bonds. The van der Waals surface area contributed by atoms with Crippen molar-refractivity contribution in [2.45, 2.75) is 72.8 Å². The first kappa shape index (κ1) is 35.5. The molecule has 1 heterocycles. The first-order valence-electron chi connectivity index (χ1n) is 11.1. The number of esters is 2. The molecule has 1 rings (SSSR count). The zero-order chi connectivity index (χ0) is 27.7. The molecule has 0 aliphatic carbocycles. The molecule has 0 saturated heterocycles. The molecule has 14 nitrogen and oxygen atoms in total. The van der Waals surface area contributed by atoms with E-state index in [1.807, 2.05) is 0 Å². The molecule has 2 unspecified atom stereocenters. The van der Waals surface area contributed by atoms with Crippen molar-refractivity contribution in [2.24, 2.45) is 16.5 Å². The maximum Gasteiger partial charge on any atom is 0.309 e. The standard InChI is InChI=1S/C12H20N6O3.C10H18N2O3.CH4/c1-8(19)11(14-3)4-12(20)21-7-18-6-10(16-17-18)5-15-9(2)13;1-7(11)4-5-15-10(14)6-9(12-3)8(2)13;/h6,11,14H,4-5,7H2,1-3H3,(H2,13,15);9,12H,1,4-6,11H2,2-3H3;1H4. The summed E-state index contributed by atoms with van der Waals surface area (Å²) in [6, 6.07) is -1.01. The number of likely N-dealkylation sites (N-methyl/N-ethyl adjacent to an activating group) is 2. The topological polar surface area (TPSA) is 206 Å². The number of rotatable bonds is 15. The van der Waals surface area contributed by atoms with Crippen LogP contribution in [0.3, 0.4) is 0 Å². The molecule has 0 fully saturated rings. The van der Waals surface area contributed by atoms with Gasteiger partial charge in [-0.1, -0.05) is 19.2 Å². The molecule has 37 heavy (non-hydrogen) atoms. The number of Topliss-reactive ketones (excluding diaryl/α,β-unsaturated/α-hetero) is 2. The van der Waals surface area contributed by atoms with Gasteiger partial charge in [0.1, 0.15) is 17.3 Å². The lowest BCUT2D eigenvalue weighted by Crippen LogP contribution is -2.35. The summed E-state index contributed by atoms with van der Waals surface area (Å²) in [5, 5.41) is 13.2. The number of amidine groups is 1. The lowest BCUT2D eigenvalue weighted by Gasteiger charge is -2.11. The van der Waals surface area contributed by atoms with E-state index in [0.717, 1.165) is 0 Å². The molecule has 0 bridgehead atoms. The normalized spacial score (nSPS) is 12.2. The van der Waals surface area contributed by atoms with Gasteiger partial charge in [0.25, 0.3) is 0 Å². The van der Waals surface area contributed by atoms with Crippen molar-refractivity contribution in [1.82, 2.24) is 25.6 Å². The number of aromatic nitrogens is 3. The van der Waals surface area contributed by atoms with E-state index in [-0.39, 0.29) is 45.2 Å². The zero-order valence-corrected chi connectivity index (χ0v) is 21.6. The van der Waals surface area contributed by atoms with Gasteiger partial charge in [0.15, 0.2) is 6.73 Å². The van der Waals surface area contributed by atoms with Crippen LogP contribution in [0.5, 0.6) is 0 Å². The third-order valence-corrected chi connectivity index (χ3v) is 4.54. The second kappa shape index (κ2) is 19.5. The van der Waals surface area contributed by atoms with Gasteiger partial charge in [-0.25, -0.2) is 4.68 Å². The Morgan fingerprint density at radius 2 is 1.54 bits per heavy atom. The van der Waals surface area contributed by atoms with Crippen LogP contribution in [-0.2, 0) is 41.9 Å². The van der Waals surface area contributed by atoms with E-state index in [2.05, 4.69) is 32.5 Å². The minimum Gasteiger partial charge on any atom is -0.465 e. The van der Waals surface area contributed by atoms with E-state index in [9.17, 15) is 19.2 Å². The summed E-state index contributed by atoms with van der Waals surface area (Å²) < 4.78 is 11.3. The van der Waals surface area contributed by atoms with Crippen molar-refractivity contribution in [3.8, 4) is 0 Å². The van der Waals surface area contributed by atoms with Gasteiger partial charge in [-0.2, -0.15) is 0 Å². The summed E-state index contributed by atoms with van der Waals surface area (Å²) in [6.45, 7) is 8.47. The number of carbonyl (C=O) groups excluding carboxylic acids is 4. The lowest BCUT2D eigenvalue weighted by molar-refractivity contribution is -0.149. The summed E-state index contributed by atoms with van der Waals surface area (Å²) in [6.07, 6.45) is 2.07. The van der Waals surface area contributed by atoms with Gasteiger partial charge in [0, 0.05) is 12.1 Å². The van der Waals surface area contributed by atoms with E-state index < -0.39 is 24.0 Å². The van der Waals surface area contributed by atoms with Crippen LogP contribution in [0.4, 0.5) is 0 Å². The Balaban J connectivity index is 0. The number of hydrogen-bond acceptors (Lipinski definition) is 12. The molecule has 0 aliphatic rings. The predicted octanol–water partition coefficient (Wildman–Crippen LogP) is -0.182. The molecule has 210 valence electrons. The van der Waals surface area contributed by atoms with Crippen LogP contribution in [0.2, 0.25) is 0 Å². The molecule has 1 aromatic rings. The maximum atomic E-state index is 11.6. The van der Waals surface area contributed by atoms with Gasteiger partial charge in [-0.15, -0.1) is 5.10 Å². The SMILES string of the molecule is C.C=C(N)CCOC(=O)CC(NC)C(C)=O.CNC(CC(=O)OCn1cc(CN=C(C)N)nn1)C(C)=O. The monoisotopic (exact) mass is 526 g/mol. The second-order valence-corrected chi connectivity index (χ2v) is 7.79. The molecule has 0 spiro atoms. The highest BCUT2D eigenvalue weighted by atomic mass is 16.5. The highest BCUT2D eigenvalue weighted by Crippen LogP contribution is 2.00. The van der Waals surface area contributed by atoms with Crippen molar-refractivity contribution in [2.75, 3.05) is 20.7 Å². The smallest absolute Gasteiger partial charge is 0.309 e. The highest BCUT2D eigenvalue weighted by Gasteiger charge is 2.18. The first-order valence-corrected chi connectivity index (χ1v) is 11.1. The van der Waals surface area contributed by atoms with Crippen LogP contribution in [0.15, 0.2) is 23.5 Å². The Morgan fingerprint density at radius 3 is 1.97 bits per heavy atom. The number of ketones is 2. The van der Waals surface area contributed by atoms with E-state index in [1.54, 1.807) is 27.2 Å². The number of carbonyl (C=O) groups is 4. The number of hydrogen-bond donors (Lipinski definition) is 4. The third kappa shape index (κ3) is 17.4. The summed E-state index contributed by atoms with van der Waals surface area (Å²) in [4.78, 5) is 49.0. The number of ether oxygens (including phenoxy) is 2. The van der Waals surface area contributed by atoms with Crippen LogP contribution in [0.25, 0.3) is 0 Å². The van der Waals surface area contributed by atoms with Crippen molar-refractivity contribution >= 4 is 29.3 Å². The maximum absolute atomic E-state index is 11.6.